The summed E-state index contributed by atoms with van der Waals surface area (Å²) in [7, 11) is -3.86. The van der Waals surface area contributed by atoms with E-state index in [0.29, 0.717) is 16.8 Å². The minimum atomic E-state index is -3.86. The van der Waals surface area contributed by atoms with Crippen LogP contribution in [-0.2, 0) is 16.6 Å². The first-order valence-corrected chi connectivity index (χ1v) is 10.2. The third kappa shape index (κ3) is 3.16. The minimum absolute atomic E-state index is 0.266. The van der Waals surface area contributed by atoms with E-state index in [2.05, 4.69) is 4.98 Å². The molecule has 2 heterocycles. The first-order valence-electron chi connectivity index (χ1n) is 7.73. The molecule has 2 aromatic heterocycles. The summed E-state index contributed by atoms with van der Waals surface area (Å²) in [6, 6.07) is 7.32. The van der Waals surface area contributed by atoms with E-state index in [1.54, 1.807) is 6.92 Å². The minimum Gasteiger partial charge on any atom is -0.256 e. The van der Waals surface area contributed by atoms with Gasteiger partial charge >= 0.3 is 0 Å². The van der Waals surface area contributed by atoms with Crippen molar-refractivity contribution in [3.05, 3.63) is 59.2 Å². The molecule has 0 bridgehead atoms. The molecular formula is C17H15F3N2O2S2. The number of pyridine rings is 1. The molecule has 0 radical (unpaired) electrons. The van der Waals surface area contributed by atoms with Gasteiger partial charge in [0, 0.05) is 4.70 Å². The predicted molar refractivity (Wildman–Crippen MR) is 96.3 cm³/mol. The summed E-state index contributed by atoms with van der Waals surface area (Å²) < 4.78 is 68.5. The van der Waals surface area contributed by atoms with Crippen LogP contribution >= 0.6 is 11.3 Å². The Balaban J connectivity index is 2.19. The number of aromatic nitrogens is 1. The number of benzene rings is 1. The van der Waals surface area contributed by atoms with Crippen molar-refractivity contribution in [3.63, 3.8) is 0 Å². The summed E-state index contributed by atoms with van der Waals surface area (Å²) in [5, 5.41) is 1.20. The number of halogens is 3. The van der Waals surface area contributed by atoms with Gasteiger partial charge in [0.1, 0.15) is 10.8 Å². The van der Waals surface area contributed by atoms with Gasteiger partial charge in [-0.15, -0.1) is 11.3 Å². The highest BCUT2D eigenvalue weighted by Crippen LogP contribution is 2.39. The van der Waals surface area contributed by atoms with Crippen LogP contribution in [0.25, 0.3) is 10.1 Å². The third-order valence-corrected chi connectivity index (χ3v) is 7.20. The molecule has 138 valence electrons. The Morgan fingerprint density at radius 3 is 2.54 bits per heavy atom. The van der Waals surface area contributed by atoms with Crippen LogP contribution in [0.1, 0.15) is 18.1 Å². The third-order valence-electron chi connectivity index (χ3n) is 4.07. The lowest BCUT2D eigenvalue weighted by Crippen LogP contribution is -2.32. The normalized spacial score (nSPS) is 11.9. The number of thiophene rings is 1. The van der Waals surface area contributed by atoms with Gasteiger partial charge in [0.05, 0.1) is 24.1 Å². The van der Waals surface area contributed by atoms with Crippen LogP contribution in [0.4, 0.5) is 18.2 Å². The Morgan fingerprint density at radius 2 is 1.88 bits per heavy atom. The van der Waals surface area contributed by atoms with E-state index in [0.717, 1.165) is 14.4 Å². The Labute approximate surface area is 153 Å². The Hall–Kier alpha value is -2.13. The van der Waals surface area contributed by atoms with Crippen molar-refractivity contribution in [1.82, 2.24) is 4.98 Å². The number of sulfonamides is 1. The molecule has 0 unspecified atom stereocenters. The van der Waals surface area contributed by atoms with E-state index in [1.165, 1.54) is 18.3 Å². The summed E-state index contributed by atoms with van der Waals surface area (Å²) >= 11 is 1.20. The van der Waals surface area contributed by atoms with Crippen molar-refractivity contribution in [2.24, 2.45) is 0 Å². The van der Waals surface area contributed by atoms with E-state index in [1.807, 2.05) is 24.3 Å². The number of hydrogen-bond donors (Lipinski definition) is 0. The summed E-state index contributed by atoms with van der Waals surface area (Å²) in [6.45, 7) is 2.53. The van der Waals surface area contributed by atoms with Gasteiger partial charge in [-0.05, 0) is 30.9 Å². The first kappa shape index (κ1) is 18.7. The predicted octanol–water partition coefficient (Wildman–Crippen LogP) is 4.38. The fourth-order valence-corrected chi connectivity index (χ4v) is 5.21. The summed E-state index contributed by atoms with van der Waals surface area (Å²) in [6.07, 6.45) is 0.544. The molecule has 4 nitrogen and oxygen atoms in total. The molecule has 0 fully saturated rings. The lowest BCUT2D eigenvalue weighted by atomic mass is 10.2. The van der Waals surface area contributed by atoms with Gasteiger partial charge in [0.25, 0.3) is 0 Å². The second kappa shape index (κ2) is 6.88. The molecule has 0 aliphatic heterocycles. The molecule has 0 saturated heterocycles. The fourth-order valence-electron chi connectivity index (χ4n) is 2.62. The second-order valence-corrected chi connectivity index (χ2v) is 8.84. The summed E-state index contributed by atoms with van der Waals surface area (Å²) in [5.74, 6) is -4.32. The van der Waals surface area contributed by atoms with E-state index in [-0.39, 0.29) is 5.75 Å². The maximum Gasteiger partial charge on any atom is 0.249 e. The van der Waals surface area contributed by atoms with Gasteiger partial charge in [0.2, 0.25) is 16.0 Å². The summed E-state index contributed by atoms with van der Waals surface area (Å²) in [4.78, 5) is 2.97. The quantitative estimate of drug-likeness (QED) is 0.598. The van der Waals surface area contributed by atoms with E-state index in [9.17, 15) is 21.6 Å². The molecule has 3 aromatic rings. The zero-order chi connectivity index (χ0) is 19.1. The number of nitrogens with zero attached hydrogens (tertiary/aromatic N) is 2. The topological polar surface area (TPSA) is 50.3 Å². The van der Waals surface area contributed by atoms with Crippen LogP contribution in [-0.4, -0.2) is 19.2 Å². The van der Waals surface area contributed by atoms with Crippen molar-refractivity contribution in [2.45, 2.75) is 20.4 Å². The molecule has 9 heteroatoms. The highest BCUT2D eigenvalue weighted by atomic mass is 32.2. The van der Waals surface area contributed by atoms with Crippen LogP contribution in [0.2, 0.25) is 0 Å². The van der Waals surface area contributed by atoms with Crippen LogP contribution in [0.3, 0.4) is 0 Å². The number of aryl methyl sites for hydroxylation is 1. The first-order chi connectivity index (χ1) is 12.3. The molecule has 0 aliphatic carbocycles. The van der Waals surface area contributed by atoms with Crippen LogP contribution in [0.15, 0.2) is 30.5 Å². The van der Waals surface area contributed by atoms with Gasteiger partial charge in [0.15, 0.2) is 5.82 Å². The summed E-state index contributed by atoms with van der Waals surface area (Å²) in [5.41, 5.74) is 0.00403. The average molecular weight is 400 g/mol. The Morgan fingerprint density at radius 1 is 1.19 bits per heavy atom. The van der Waals surface area contributed by atoms with E-state index >= 15 is 0 Å². The van der Waals surface area contributed by atoms with Crippen molar-refractivity contribution in [1.29, 1.82) is 0 Å². The van der Waals surface area contributed by atoms with Gasteiger partial charge in [-0.25, -0.2) is 22.2 Å². The Bertz CT molecular complexity index is 1080. The van der Waals surface area contributed by atoms with Crippen molar-refractivity contribution in [2.75, 3.05) is 10.1 Å². The fraction of sp³-hybridized carbons (Fsp3) is 0.235. The molecule has 0 saturated carbocycles. The van der Waals surface area contributed by atoms with E-state index in [4.69, 9.17) is 0 Å². The molecule has 0 aliphatic rings. The number of hydrogen-bond acceptors (Lipinski definition) is 4. The lowest BCUT2D eigenvalue weighted by molar-refractivity contribution is 0.451. The molecule has 0 amide bonds. The van der Waals surface area contributed by atoms with Crippen LogP contribution in [0, 0.1) is 24.5 Å². The van der Waals surface area contributed by atoms with Gasteiger partial charge in [-0.1, -0.05) is 18.2 Å². The van der Waals surface area contributed by atoms with Crippen LogP contribution < -0.4 is 4.31 Å². The zero-order valence-corrected chi connectivity index (χ0v) is 15.6. The maximum atomic E-state index is 14.0. The zero-order valence-electron chi connectivity index (χ0n) is 14.0. The van der Waals surface area contributed by atoms with Crippen molar-refractivity contribution in [3.8, 4) is 0 Å². The van der Waals surface area contributed by atoms with Crippen LogP contribution in [0.5, 0.6) is 0 Å². The highest BCUT2D eigenvalue weighted by molar-refractivity contribution is 7.92. The van der Waals surface area contributed by atoms with E-state index < -0.39 is 39.7 Å². The highest BCUT2D eigenvalue weighted by Gasteiger charge is 2.28. The SMILES string of the molecule is CCS(=O)(=O)N(Cc1c(F)cnc(F)c1F)c1sc2ccccc2c1C. The molecule has 1 aromatic carbocycles. The monoisotopic (exact) mass is 400 g/mol. The van der Waals surface area contributed by atoms with Gasteiger partial charge in [-0.2, -0.15) is 4.39 Å². The second-order valence-electron chi connectivity index (χ2n) is 5.63. The largest absolute Gasteiger partial charge is 0.256 e. The molecule has 0 N–H and O–H groups in total. The van der Waals surface area contributed by atoms with Crippen molar-refractivity contribution >= 4 is 36.4 Å². The molecule has 26 heavy (non-hydrogen) atoms. The molecule has 0 spiro atoms. The Kier molecular flexibility index (Phi) is 4.94. The molecule has 0 atom stereocenters. The number of anilines is 1. The number of fused-ring (bicyclic) bond motifs is 1. The average Bonchev–Trinajstić information content (AvgIpc) is 2.95. The molecule has 3 rings (SSSR count). The van der Waals surface area contributed by atoms with Gasteiger partial charge in [-0.3, -0.25) is 4.31 Å². The maximum absolute atomic E-state index is 14.0. The standard InChI is InChI=1S/C17H15F3N2O2S2/c1-3-26(23,24)22(9-12-13(18)8-21-16(20)15(12)19)17-10(2)11-6-4-5-7-14(11)25-17/h4-8H,3,9H2,1-2H3. The smallest absolute Gasteiger partial charge is 0.249 e. The van der Waals surface area contributed by atoms with Crippen molar-refractivity contribution < 1.29 is 21.6 Å². The van der Waals surface area contributed by atoms with Gasteiger partial charge < -0.3 is 0 Å². The lowest BCUT2D eigenvalue weighted by Gasteiger charge is -2.23. The number of rotatable bonds is 5. The molecular weight excluding hydrogens is 385 g/mol.